The van der Waals surface area contributed by atoms with Crippen LogP contribution in [0.25, 0.3) is 11.0 Å². The molecule has 0 N–H and O–H groups in total. The third-order valence-electron chi connectivity index (χ3n) is 3.32. The molecule has 0 saturated carbocycles. The van der Waals surface area contributed by atoms with Gasteiger partial charge in [-0.25, -0.2) is 9.78 Å². The number of nitrogens with zero attached hydrogens (tertiary/aromatic N) is 1. The normalized spacial score (nSPS) is 12.4. The molecule has 2 aromatic heterocycles. The van der Waals surface area contributed by atoms with Crippen LogP contribution in [0.1, 0.15) is 30.7 Å². The molecule has 0 unspecified atom stereocenters. The third kappa shape index (κ3) is 3.78. The molecule has 0 bridgehead atoms. The van der Waals surface area contributed by atoms with Crippen molar-refractivity contribution in [3.8, 4) is 5.75 Å². The number of rotatable bonds is 6. The second kappa shape index (κ2) is 6.93. The lowest BCUT2D eigenvalue weighted by atomic mass is 10.2. The molecule has 0 fully saturated rings. The molecular formula is C17H17NO4S. The first-order chi connectivity index (χ1) is 11.2. The molecule has 2 heterocycles. The molecule has 0 aliphatic rings. The second-order valence-corrected chi connectivity index (χ2v) is 5.91. The summed E-state index contributed by atoms with van der Waals surface area (Å²) in [4.78, 5) is 15.8. The molecule has 0 spiro atoms. The van der Waals surface area contributed by atoms with Gasteiger partial charge in [-0.15, -0.1) is 11.3 Å². The molecule has 3 rings (SSSR count). The maximum absolute atomic E-state index is 11.3. The van der Waals surface area contributed by atoms with Gasteiger partial charge in [-0.2, -0.15) is 0 Å². The minimum Gasteiger partial charge on any atom is -0.487 e. The van der Waals surface area contributed by atoms with Gasteiger partial charge < -0.3 is 13.9 Å². The molecule has 0 amide bonds. The molecule has 0 radical (unpaired) electrons. The predicted octanol–water partition coefficient (Wildman–Crippen LogP) is 3.93. The first kappa shape index (κ1) is 15.7. The van der Waals surface area contributed by atoms with Crippen molar-refractivity contribution < 1.29 is 13.9 Å². The molecule has 3 aromatic rings. The van der Waals surface area contributed by atoms with Crippen molar-refractivity contribution in [3.63, 3.8) is 0 Å². The topological polar surface area (TPSA) is 61.6 Å². The summed E-state index contributed by atoms with van der Waals surface area (Å²) in [6.07, 6.45) is -0.00584. The molecule has 1 atom stereocenters. The summed E-state index contributed by atoms with van der Waals surface area (Å²) in [7, 11) is 0. The minimum atomic E-state index is -0.372. The van der Waals surface area contributed by atoms with Gasteiger partial charge in [0.1, 0.15) is 29.1 Å². The number of benzene rings is 1. The average Bonchev–Trinajstić information content (AvgIpc) is 3.02. The Morgan fingerprint density at radius 1 is 1.30 bits per heavy atom. The lowest BCUT2D eigenvalue weighted by Crippen LogP contribution is -2.01. The van der Waals surface area contributed by atoms with Crippen LogP contribution in [0.2, 0.25) is 0 Å². The van der Waals surface area contributed by atoms with E-state index in [0.29, 0.717) is 24.5 Å². The number of hydrogen-bond donors (Lipinski definition) is 0. The van der Waals surface area contributed by atoms with E-state index in [1.165, 1.54) is 6.07 Å². The van der Waals surface area contributed by atoms with E-state index >= 15 is 0 Å². The molecule has 1 aromatic carbocycles. The lowest BCUT2D eigenvalue weighted by Gasteiger charge is -2.07. The van der Waals surface area contributed by atoms with Crippen LogP contribution in [0.3, 0.4) is 0 Å². The van der Waals surface area contributed by atoms with Crippen LogP contribution in [0.4, 0.5) is 0 Å². The van der Waals surface area contributed by atoms with Crippen LogP contribution in [-0.4, -0.2) is 11.6 Å². The highest BCUT2D eigenvalue weighted by molar-refractivity contribution is 7.09. The molecule has 6 heteroatoms. The first-order valence-corrected chi connectivity index (χ1v) is 8.26. The third-order valence-corrected chi connectivity index (χ3v) is 4.37. The summed E-state index contributed by atoms with van der Waals surface area (Å²) in [6.45, 7) is 4.97. The van der Waals surface area contributed by atoms with Crippen molar-refractivity contribution in [2.45, 2.75) is 26.6 Å². The fourth-order valence-corrected chi connectivity index (χ4v) is 2.99. The highest BCUT2D eigenvalue weighted by Gasteiger charge is 2.10. The van der Waals surface area contributed by atoms with Gasteiger partial charge in [-0.3, -0.25) is 0 Å². The SMILES string of the molecule is CCO[C@H](C)c1nc(COc2ccc3ccc(=O)oc3c2)cs1. The lowest BCUT2D eigenvalue weighted by molar-refractivity contribution is 0.0760. The number of thiazole rings is 1. The fourth-order valence-electron chi connectivity index (χ4n) is 2.18. The van der Waals surface area contributed by atoms with Crippen molar-refractivity contribution in [1.29, 1.82) is 0 Å². The Balaban J connectivity index is 1.69. The molecule has 0 saturated heterocycles. The highest BCUT2D eigenvalue weighted by Crippen LogP contribution is 2.23. The van der Waals surface area contributed by atoms with Gasteiger partial charge in [0, 0.05) is 29.5 Å². The molecule has 120 valence electrons. The monoisotopic (exact) mass is 331 g/mol. The molecule has 0 aliphatic carbocycles. The first-order valence-electron chi connectivity index (χ1n) is 7.38. The molecular weight excluding hydrogens is 314 g/mol. The van der Waals surface area contributed by atoms with Crippen LogP contribution < -0.4 is 10.4 Å². The summed E-state index contributed by atoms with van der Waals surface area (Å²) in [6, 6.07) is 8.55. The Kier molecular flexibility index (Phi) is 4.73. The maximum atomic E-state index is 11.3. The van der Waals surface area contributed by atoms with Gasteiger partial charge in [0.05, 0.1) is 5.69 Å². The quantitative estimate of drug-likeness (QED) is 0.641. The van der Waals surface area contributed by atoms with Crippen LogP contribution >= 0.6 is 11.3 Å². The molecule has 0 aliphatic heterocycles. The smallest absolute Gasteiger partial charge is 0.336 e. The van der Waals surface area contributed by atoms with Gasteiger partial charge in [-0.05, 0) is 32.0 Å². The van der Waals surface area contributed by atoms with Gasteiger partial charge >= 0.3 is 5.63 Å². The van der Waals surface area contributed by atoms with Crippen LogP contribution in [0.5, 0.6) is 5.75 Å². The Hall–Kier alpha value is -2.18. The van der Waals surface area contributed by atoms with E-state index < -0.39 is 0 Å². The zero-order valence-corrected chi connectivity index (χ0v) is 13.8. The van der Waals surface area contributed by atoms with Crippen LogP contribution in [0, 0.1) is 0 Å². The van der Waals surface area contributed by atoms with Gasteiger partial charge in [-0.1, -0.05) is 0 Å². The standard InChI is InChI=1S/C17H17NO4S/c1-3-20-11(2)17-18-13(10-23-17)9-21-14-6-4-12-5-7-16(19)22-15(12)8-14/h4-8,10-11H,3,9H2,1-2H3/t11-/m1/s1. The van der Waals surface area contributed by atoms with Crippen molar-refractivity contribution in [3.05, 3.63) is 56.8 Å². The molecule has 5 nitrogen and oxygen atoms in total. The Morgan fingerprint density at radius 2 is 2.13 bits per heavy atom. The van der Waals surface area contributed by atoms with E-state index in [0.717, 1.165) is 16.1 Å². The van der Waals surface area contributed by atoms with Crippen LogP contribution in [-0.2, 0) is 11.3 Å². The van der Waals surface area contributed by atoms with Gasteiger partial charge in [0.2, 0.25) is 0 Å². The number of ether oxygens (including phenoxy) is 2. The van der Waals surface area contributed by atoms with E-state index in [1.54, 1.807) is 23.5 Å². The summed E-state index contributed by atoms with van der Waals surface area (Å²) in [5.41, 5.74) is 0.994. The fraction of sp³-hybridized carbons (Fsp3) is 0.294. The number of hydrogen-bond acceptors (Lipinski definition) is 6. The summed E-state index contributed by atoms with van der Waals surface area (Å²) in [5, 5.41) is 3.76. The van der Waals surface area contributed by atoms with Crippen molar-refractivity contribution >= 4 is 22.3 Å². The summed E-state index contributed by atoms with van der Waals surface area (Å²) >= 11 is 1.56. The minimum absolute atomic E-state index is 0.00584. The van der Waals surface area contributed by atoms with Gasteiger partial charge in [0.25, 0.3) is 0 Å². The number of fused-ring (bicyclic) bond motifs is 1. The highest BCUT2D eigenvalue weighted by atomic mass is 32.1. The second-order valence-electron chi connectivity index (χ2n) is 5.02. The zero-order valence-electron chi connectivity index (χ0n) is 12.9. The van der Waals surface area contributed by atoms with E-state index in [-0.39, 0.29) is 11.7 Å². The van der Waals surface area contributed by atoms with Gasteiger partial charge in [0.15, 0.2) is 0 Å². The Morgan fingerprint density at radius 3 is 2.96 bits per heavy atom. The number of aromatic nitrogens is 1. The summed E-state index contributed by atoms with van der Waals surface area (Å²) < 4.78 is 16.4. The zero-order chi connectivity index (χ0) is 16.2. The van der Waals surface area contributed by atoms with Crippen molar-refractivity contribution in [2.75, 3.05) is 6.61 Å². The maximum Gasteiger partial charge on any atom is 0.336 e. The van der Waals surface area contributed by atoms with E-state index in [2.05, 4.69) is 4.98 Å². The van der Waals surface area contributed by atoms with Crippen LogP contribution in [0.15, 0.2) is 44.9 Å². The average molecular weight is 331 g/mol. The van der Waals surface area contributed by atoms with E-state index in [1.807, 2.05) is 31.4 Å². The summed E-state index contributed by atoms with van der Waals surface area (Å²) in [5.74, 6) is 0.638. The largest absolute Gasteiger partial charge is 0.487 e. The van der Waals surface area contributed by atoms with Crippen molar-refractivity contribution in [2.24, 2.45) is 0 Å². The predicted molar refractivity (Wildman–Crippen MR) is 89.0 cm³/mol. The van der Waals surface area contributed by atoms with Crippen molar-refractivity contribution in [1.82, 2.24) is 4.98 Å². The van der Waals surface area contributed by atoms with E-state index in [9.17, 15) is 4.79 Å². The Labute approximate surface area is 137 Å². The molecule has 23 heavy (non-hydrogen) atoms. The van der Waals surface area contributed by atoms with E-state index in [4.69, 9.17) is 13.9 Å². The Bertz CT molecular complexity index is 855.